The lowest BCUT2D eigenvalue weighted by Gasteiger charge is -2.23. The predicted octanol–water partition coefficient (Wildman–Crippen LogP) is 1.87. The number of rotatable bonds is 2. The molecule has 1 aromatic rings. The second-order valence-corrected chi connectivity index (χ2v) is 3.73. The highest BCUT2D eigenvalue weighted by atomic mass is 35.5. The van der Waals surface area contributed by atoms with Crippen LogP contribution in [0.4, 0.5) is 5.82 Å². The predicted molar refractivity (Wildman–Crippen MR) is 53.0 cm³/mol. The van der Waals surface area contributed by atoms with Crippen molar-refractivity contribution in [1.82, 2.24) is 9.97 Å². The number of aromatic nitrogens is 2. The Morgan fingerprint density at radius 3 is 2.71 bits per heavy atom. The second kappa shape index (κ2) is 3.92. The SMILES string of the molecule is O=C(Nc1cnc(Cl)cn1)C1CCC1. The van der Waals surface area contributed by atoms with Gasteiger partial charge in [-0.15, -0.1) is 0 Å². The van der Waals surface area contributed by atoms with Gasteiger partial charge >= 0.3 is 0 Å². The fourth-order valence-electron chi connectivity index (χ4n) is 1.28. The van der Waals surface area contributed by atoms with Crippen LogP contribution in [-0.4, -0.2) is 15.9 Å². The number of hydrogen-bond acceptors (Lipinski definition) is 3. The molecule has 0 radical (unpaired) electrons. The van der Waals surface area contributed by atoms with Crippen LogP contribution in [0.5, 0.6) is 0 Å². The van der Waals surface area contributed by atoms with Gasteiger partial charge in [0.2, 0.25) is 5.91 Å². The molecule has 74 valence electrons. The van der Waals surface area contributed by atoms with Crippen LogP contribution < -0.4 is 5.32 Å². The Kier molecular flexibility index (Phi) is 2.63. The molecule has 0 saturated heterocycles. The summed E-state index contributed by atoms with van der Waals surface area (Å²) >= 11 is 5.56. The second-order valence-electron chi connectivity index (χ2n) is 3.34. The molecule has 1 N–H and O–H groups in total. The van der Waals surface area contributed by atoms with Crippen molar-refractivity contribution in [2.24, 2.45) is 5.92 Å². The van der Waals surface area contributed by atoms with Crippen molar-refractivity contribution in [1.29, 1.82) is 0 Å². The van der Waals surface area contributed by atoms with Crippen molar-refractivity contribution in [2.75, 3.05) is 5.32 Å². The lowest BCUT2D eigenvalue weighted by molar-refractivity contribution is -0.122. The van der Waals surface area contributed by atoms with Crippen molar-refractivity contribution >= 4 is 23.3 Å². The first-order valence-electron chi connectivity index (χ1n) is 4.54. The van der Waals surface area contributed by atoms with Crippen LogP contribution in [0.1, 0.15) is 19.3 Å². The molecule has 0 aromatic carbocycles. The third kappa shape index (κ3) is 2.01. The monoisotopic (exact) mass is 211 g/mol. The van der Waals surface area contributed by atoms with E-state index in [0.29, 0.717) is 11.0 Å². The molecule has 1 amide bonds. The maximum Gasteiger partial charge on any atom is 0.228 e. The van der Waals surface area contributed by atoms with Crippen molar-refractivity contribution in [3.63, 3.8) is 0 Å². The standard InChI is InChI=1S/C9H10ClN3O/c10-7-4-12-8(5-11-7)13-9(14)6-2-1-3-6/h4-6H,1-3H2,(H,12,13,14). The van der Waals surface area contributed by atoms with Crippen molar-refractivity contribution < 1.29 is 4.79 Å². The Bertz CT molecular complexity index is 334. The van der Waals surface area contributed by atoms with Crippen molar-refractivity contribution in [3.8, 4) is 0 Å². The summed E-state index contributed by atoms with van der Waals surface area (Å²) in [5.74, 6) is 0.659. The number of halogens is 1. The van der Waals surface area contributed by atoms with Gasteiger partial charge in [-0.05, 0) is 12.8 Å². The lowest BCUT2D eigenvalue weighted by Crippen LogP contribution is -2.28. The lowest BCUT2D eigenvalue weighted by atomic mass is 9.85. The minimum atomic E-state index is 0.0351. The molecule has 0 spiro atoms. The molecule has 1 aliphatic rings. The summed E-state index contributed by atoms with van der Waals surface area (Å²) in [6, 6.07) is 0. The van der Waals surface area contributed by atoms with Crippen LogP contribution in [0, 0.1) is 5.92 Å². The Morgan fingerprint density at radius 2 is 2.21 bits per heavy atom. The summed E-state index contributed by atoms with van der Waals surface area (Å²) in [5.41, 5.74) is 0. The highest BCUT2D eigenvalue weighted by Gasteiger charge is 2.25. The van der Waals surface area contributed by atoms with E-state index >= 15 is 0 Å². The molecular weight excluding hydrogens is 202 g/mol. The average Bonchev–Trinajstić information content (AvgIpc) is 2.06. The molecule has 1 heterocycles. The summed E-state index contributed by atoms with van der Waals surface area (Å²) in [6.07, 6.45) is 5.97. The van der Waals surface area contributed by atoms with Crippen LogP contribution in [0.2, 0.25) is 5.15 Å². The van der Waals surface area contributed by atoms with Gasteiger partial charge in [0.25, 0.3) is 0 Å². The first-order chi connectivity index (χ1) is 6.75. The summed E-state index contributed by atoms with van der Waals surface area (Å²) in [4.78, 5) is 19.2. The average molecular weight is 212 g/mol. The van der Waals surface area contributed by atoms with Gasteiger partial charge in [0, 0.05) is 5.92 Å². The minimum Gasteiger partial charge on any atom is -0.309 e. The van der Waals surface area contributed by atoms with Gasteiger partial charge in [0.1, 0.15) is 5.15 Å². The van der Waals surface area contributed by atoms with E-state index in [4.69, 9.17) is 11.6 Å². The van der Waals surface area contributed by atoms with E-state index in [2.05, 4.69) is 15.3 Å². The Hall–Kier alpha value is -1.16. The summed E-state index contributed by atoms with van der Waals surface area (Å²) in [6.45, 7) is 0. The van der Waals surface area contributed by atoms with Gasteiger partial charge in [-0.1, -0.05) is 18.0 Å². The molecule has 0 atom stereocenters. The van der Waals surface area contributed by atoms with E-state index < -0.39 is 0 Å². The molecule has 1 aromatic heterocycles. The molecule has 0 aliphatic heterocycles. The van der Waals surface area contributed by atoms with Crippen LogP contribution >= 0.6 is 11.6 Å². The molecule has 1 saturated carbocycles. The van der Waals surface area contributed by atoms with E-state index in [-0.39, 0.29) is 11.8 Å². The van der Waals surface area contributed by atoms with Gasteiger partial charge in [-0.25, -0.2) is 9.97 Å². The van der Waals surface area contributed by atoms with Gasteiger partial charge in [-0.2, -0.15) is 0 Å². The fraction of sp³-hybridized carbons (Fsp3) is 0.444. The zero-order valence-corrected chi connectivity index (χ0v) is 8.29. The first kappa shape index (κ1) is 9.40. The van der Waals surface area contributed by atoms with E-state index in [0.717, 1.165) is 19.3 Å². The third-order valence-electron chi connectivity index (χ3n) is 2.35. The van der Waals surface area contributed by atoms with Crippen LogP contribution in [-0.2, 0) is 4.79 Å². The highest BCUT2D eigenvalue weighted by molar-refractivity contribution is 6.29. The van der Waals surface area contributed by atoms with E-state index in [1.165, 1.54) is 12.4 Å². The zero-order chi connectivity index (χ0) is 9.97. The number of nitrogens with zero attached hydrogens (tertiary/aromatic N) is 2. The quantitative estimate of drug-likeness (QED) is 0.813. The molecule has 4 nitrogen and oxygen atoms in total. The number of carbonyl (C=O) groups is 1. The smallest absolute Gasteiger partial charge is 0.228 e. The molecule has 0 unspecified atom stereocenters. The fourth-order valence-corrected chi connectivity index (χ4v) is 1.37. The van der Waals surface area contributed by atoms with E-state index in [9.17, 15) is 4.79 Å². The van der Waals surface area contributed by atoms with Crippen LogP contribution in [0.3, 0.4) is 0 Å². The highest BCUT2D eigenvalue weighted by Crippen LogP contribution is 2.27. The number of carbonyl (C=O) groups excluding carboxylic acids is 1. The molecule has 5 heteroatoms. The Balaban J connectivity index is 1.96. The minimum absolute atomic E-state index is 0.0351. The normalized spacial score (nSPS) is 16.1. The van der Waals surface area contributed by atoms with E-state index in [1.54, 1.807) is 0 Å². The van der Waals surface area contributed by atoms with Gasteiger partial charge in [0.05, 0.1) is 12.4 Å². The van der Waals surface area contributed by atoms with Crippen LogP contribution in [0.15, 0.2) is 12.4 Å². The largest absolute Gasteiger partial charge is 0.309 e. The van der Waals surface area contributed by atoms with Crippen molar-refractivity contribution in [3.05, 3.63) is 17.5 Å². The number of hydrogen-bond donors (Lipinski definition) is 1. The van der Waals surface area contributed by atoms with Gasteiger partial charge in [-0.3, -0.25) is 4.79 Å². The number of amides is 1. The third-order valence-corrected chi connectivity index (χ3v) is 2.54. The maximum absolute atomic E-state index is 11.5. The first-order valence-corrected chi connectivity index (χ1v) is 4.92. The van der Waals surface area contributed by atoms with Gasteiger partial charge < -0.3 is 5.32 Å². The Labute approximate surface area is 86.7 Å². The summed E-state index contributed by atoms with van der Waals surface area (Å²) in [7, 11) is 0. The molecule has 1 fully saturated rings. The maximum atomic E-state index is 11.5. The number of nitrogens with one attached hydrogen (secondary N) is 1. The van der Waals surface area contributed by atoms with Gasteiger partial charge in [0.15, 0.2) is 5.82 Å². The molecule has 1 aliphatic carbocycles. The topological polar surface area (TPSA) is 54.9 Å². The molecular formula is C9H10ClN3O. The summed E-state index contributed by atoms with van der Waals surface area (Å²) < 4.78 is 0. The molecule has 14 heavy (non-hydrogen) atoms. The molecule has 0 bridgehead atoms. The number of anilines is 1. The Morgan fingerprint density at radius 1 is 1.43 bits per heavy atom. The summed E-state index contributed by atoms with van der Waals surface area (Å²) in [5, 5.41) is 3.03. The van der Waals surface area contributed by atoms with E-state index in [1.807, 2.05) is 0 Å². The molecule has 2 rings (SSSR count). The zero-order valence-electron chi connectivity index (χ0n) is 7.53. The van der Waals surface area contributed by atoms with Crippen LogP contribution in [0.25, 0.3) is 0 Å². The van der Waals surface area contributed by atoms with Crippen molar-refractivity contribution in [2.45, 2.75) is 19.3 Å².